The molecule has 0 bridgehead atoms. The first kappa shape index (κ1) is 20.9. The minimum absolute atomic E-state index is 0.105. The van der Waals surface area contributed by atoms with Crippen molar-refractivity contribution in [1.82, 2.24) is 19.9 Å². The van der Waals surface area contributed by atoms with Crippen molar-refractivity contribution in [3.8, 4) is 0 Å². The van der Waals surface area contributed by atoms with Crippen molar-refractivity contribution < 1.29 is 15.0 Å². The van der Waals surface area contributed by atoms with E-state index >= 15 is 0 Å². The second-order valence-electron chi connectivity index (χ2n) is 7.64. The monoisotopic (exact) mass is 400 g/mol. The second-order valence-corrected chi connectivity index (χ2v) is 7.64. The molecule has 3 rings (SSSR count). The highest BCUT2D eigenvalue weighted by Gasteiger charge is 2.47. The van der Waals surface area contributed by atoms with Gasteiger partial charge in [-0.25, -0.2) is 0 Å². The highest BCUT2D eigenvalue weighted by molar-refractivity contribution is 5.75. The minimum atomic E-state index is -1.08. The first-order valence-electron chi connectivity index (χ1n) is 9.80. The molecule has 2 atom stereocenters. The summed E-state index contributed by atoms with van der Waals surface area (Å²) in [5, 5.41) is 23.4. The highest BCUT2D eigenvalue weighted by Crippen LogP contribution is 2.37. The zero-order valence-corrected chi connectivity index (χ0v) is 16.8. The van der Waals surface area contributed by atoms with Crippen LogP contribution in [0.2, 0.25) is 0 Å². The highest BCUT2D eigenvalue weighted by atomic mass is 16.4. The number of nitrogen functional groups attached to an aromatic ring is 1. The van der Waals surface area contributed by atoms with Crippen LogP contribution < -0.4 is 11.1 Å². The Bertz CT molecular complexity index is 877. The van der Waals surface area contributed by atoms with Crippen LogP contribution in [0.3, 0.4) is 0 Å². The van der Waals surface area contributed by atoms with Gasteiger partial charge in [0.05, 0.1) is 18.1 Å². The third-order valence-corrected chi connectivity index (χ3v) is 5.40. The molecular weight excluding hydrogens is 372 g/mol. The predicted octanol–water partition coefficient (Wildman–Crippen LogP) is 1.94. The van der Waals surface area contributed by atoms with Crippen molar-refractivity contribution in [2.24, 2.45) is 5.41 Å². The second kappa shape index (κ2) is 8.71. The number of hydrogen-bond acceptors (Lipinski definition) is 8. The molecule has 1 aromatic heterocycles. The molecule has 1 saturated heterocycles. The minimum Gasteiger partial charge on any atom is -0.481 e. The predicted molar refractivity (Wildman–Crippen MR) is 110 cm³/mol. The largest absolute Gasteiger partial charge is 0.481 e. The fourth-order valence-electron chi connectivity index (χ4n) is 3.89. The van der Waals surface area contributed by atoms with Crippen LogP contribution in [0.15, 0.2) is 24.3 Å². The number of nitrogens with one attached hydrogen (secondary N) is 1. The summed E-state index contributed by atoms with van der Waals surface area (Å²) in [6, 6.07) is 7.81. The molecule has 1 aliphatic heterocycles. The summed E-state index contributed by atoms with van der Waals surface area (Å²) in [6.07, 6.45) is 0.603. The number of carboxylic acid groups (broad SMARTS) is 1. The molecule has 156 valence electrons. The summed E-state index contributed by atoms with van der Waals surface area (Å²) in [7, 11) is 0. The molecule has 9 nitrogen and oxygen atoms in total. The van der Waals surface area contributed by atoms with E-state index in [2.05, 4.69) is 20.3 Å². The SMILES string of the molecule is CCC[C@]1(C(=O)O)CCN(Cc2nc(N)nc(Nc3cccc(C)c3)n2)C[C@H]1O. The van der Waals surface area contributed by atoms with Crippen LogP contribution in [-0.2, 0) is 11.3 Å². The number of anilines is 3. The number of aliphatic carboxylic acids is 1. The van der Waals surface area contributed by atoms with E-state index in [1.54, 1.807) is 0 Å². The van der Waals surface area contributed by atoms with Crippen molar-refractivity contribution in [1.29, 1.82) is 0 Å². The van der Waals surface area contributed by atoms with Crippen molar-refractivity contribution in [3.63, 3.8) is 0 Å². The summed E-state index contributed by atoms with van der Waals surface area (Å²) in [6.45, 7) is 5.07. The topological polar surface area (TPSA) is 137 Å². The number of carboxylic acids is 1. The van der Waals surface area contributed by atoms with Crippen LogP contribution in [0.4, 0.5) is 17.6 Å². The molecule has 9 heteroatoms. The average molecular weight is 400 g/mol. The van der Waals surface area contributed by atoms with Gasteiger partial charge >= 0.3 is 5.97 Å². The Morgan fingerprint density at radius 1 is 1.38 bits per heavy atom. The quantitative estimate of drug-likeness (QED) is 0.549. The van der Waals surface area contributed by atoms with E-state index in [0.717, 1.165) is 11.3 Å². The number of piperidine rings is 1. The number of aryl methyl sites for hydroxylation is 1. The van der Waals surface area contributed by atoms with E-state index in [4.69, 9.17) is 5.73 Å². The Kier molecular flexibility index (Phi) is 6.29. The number of β-amino-alcohol motifs (C(OH)–C–C–N with tert-alkyl or cyclic N) is 1. The molecule has 29 heavy (non-hydrogen) atoms. The molecule has 0 radical (unpaired) electrons. The smallest absolute Gasteiger partial charge is 0.312 e. The lowest BCUT2D eigenvalue weighted by Gasteiger charge is -2.42. The lowest BCUT2D eigenvalue weighted by atomic mass is 9.73. The molecule has 1 aliphatic rings. The number of rotatable bonds is 7. The van der Waals surface area contributed by atoms with Crippen molar-refractivity contribution in [3.05, 3.63) is 35.7 Å². The number of likely N-dealkylation sites (tertiary alicyclic amines) is 1. The van der Waals surface area contributed by atoms with Crippen LogP contribution in [0.5, 0.6) is 0 Å². The van der Waals surface area contributed by atoms with E-state index in [1.807, 2.05) is 43.0 Å². The van der Waals surface area contributed by atoms with Gasteiger partial charge in [-0.05, 0) is 44.0 Å². The van der Waals surface area contributed by atoms with Gasteiger partial charge in [0.15, 0.2) is 0 Å². The Balaban J connectivity index is 1.71. The van der Waals surface area contributed by atoms with E-state index in [9.17, 15) is 15.0 Å². The number of aromatic nitrogens is 3. The number of aliphatic hydroxyl groups is 1. The van der Waals surface area contributed by atoms with Gasteiger partial charge in [-0.3, -0.25) is 9.69 Å². The van der Waals surface area contributed by atoms with Crippen molar-refractivity contribution in [2.45, 2.75) is 45.8 Å². The summed E-state index contributed by atoms with van der Waals surface area (Å²) in [5.41, 5.74) is 6.72. The number of carbonyl (C=O) groups is 1. The van der Waals surface area contributed by atoms with Crippen LogP contribution >= 0.6 is 0 Å². The van der Waals surface area contributed by atoms with Crippen LogP contribution in [0, 0.1) is 12.3 Å². The van der Waals surface area contributed by atoms with Crippen molar-refractivity contribution in [2.75, 3.05) is 24.1 Å². The van der Waals surface area contributed by atoms with Gasteiger partial charge in [0.1, 0.15) is 5.82 Å². The lowest BCUT2D eigenvalue weighted by Crippen LogP contribution is -2.54. The maximum absolute atomic E-state index is 11.8. The molecule has 0 aliphatic carbocycles. The third-order valence-electron chi connectivity index (χ3n) is 5.40. The molecule has 2 heterocycles. The Hall–Kier alpha value is -2.78. The van der Waals surface area contributed by atoms with Gasteiger partial charge in [0, 0.05) is 12.2 Å². The molecule has 0 amide bonds. The number of benzene rings is 1. The molecule has 1 fully saturated rings. The summed E-state index contributed by atoms with van der Waals surface area (Å²) < 4.78 is 0. The summed E-state index contributed by atoms with van der Waals surface area (Å²) in [4.78, 5) is 26.5. The van der Waals surface area contributed by atoms with Crippen LogP contribution in [0.1, 0.15) is 37.6 Å². The normalized spacial score (nSPS) is 22.4. The number of nitrogens with zero attached hydrogens (tertiary/aromatic N) is 4. The maximum Gasteiger partial charge on any atom is 0.312 e. The Morgan fingerprint density at radius 3 is 2.83 bits per heavy atom. The average Bonchev–Trinajstić information content (AvgIpc) is 2.63. The zero-order chi connectivity index (χ0) is 21.0. The fourth-order valence-corrected chi connectivity index (χ4v) is 3.89. The van der Waals surface area contributed by atoms with E-state index < -0.39 is 17.5 Å². The van der Waals surface area contributed by atoms with Gasteiger partial charge < -0.3 is 21.3 Å². The van der Waals surface area contributed by atoms with Gasteiger partial charge in [-0.2, -0.15) is 15.0 Å². The number of hydrogen-bond donors (Lipinski definition) is 4. The van der Waals surface area contributed by atoms with Gasteiger partial charge in [0.25, 0.3) is 0 Å². The van der Waals surface area contributed by atoms with Gasteiger partial charge in [-0.1, -0.05) is 25.5 Å². The van der Waals surface area contributed by atoms with E-state index in [1.165, 1.54) is 0 Å². The van der Waals surface area contributed by atoms with Gasteiger partial charge in [0.2, 0.25) is 11.9 Å². The molecule has 0 saturated carbocycles. The molecule has 5 N–H and O–H groups in total. The Labute approximate surface area is 170 Å². The summed E-state index contributed by atoms with van der Waals surface area (Å²) >= 11 is 0. The molecule has 1 aromatic carbocycles. The first-order valence-corrected chi connectivity index (χ1v) is 9.80. The Morgan fingerprint density at radius 2 is 2.17 bits per heavy atom. The molecule has 2 aromatic rings. The van der Waals surface area contributed by atoms with Gasteiger partial charge in [-0.15, -0.1) is 0 Å². The zero-order valence-electron chi connectivity index (χ0n) is 16.8. The van der Waals surface area contributed by atoms with E-state index in [-0.39, 0.29) is 12.5 Å². The molecule has 0 spiro atoms. The fraction of sp³-hybridized carbons (Fsp3) is 0.500. The van der Waals surface area contributed by atoms with Crippen LogP contribution in [-0.4, -0.2) is 55.2 Å². The maximum atomic E-state index is 11.8. The number of nitrogens with two attached hydrogens (primary N) is 1. The molecule has 0 unspecified atom stereocenters. The van der Waals surface area contributed by atoms with Crippen molar-refractivity contribution >= 4 is 23.6 Å². The standard InChI is InChI=1S/C20H28N6O3/c1-3-7-20(17(28)29)8-9-26(11-15(20)27)12-16-23-18(21)25-19(24-16)22-14-6-4-5-13(2)10-14/h4-6,10,15,27H,3,7-9,11-12H2,1-2H3,(H,28,29)(H3,21,22,23,24,25)/t15-,20+/m1/s1. The summed E-state index contributed by atoms with van der Waals surface area (Å²) in [5.74, 6) is -0.00573. The molecular formula is C20H28N6O3. The third kappa shape index (κ3) is 4.80. The first-order chi connectivity index (χ1) is 13.8. The lowest BCUT2D eigenvalue weighted by molar-refractivity contribution is -0.164. The van der Waals surface area contributed by atoms with Crippen LogP contribution in [0.25, 0.3) is 0 Å². The van der Waals surface area contributed by atoms with E-state index in [0.29, 0.717) is 44.1 Å². The number of aliphatic hydroxyl groups excluding tert-OH is 1.